The summed E-state index contributed by atoms with van der Waals surface area (Å²) in [5.74, 6) is 7.34. The fourth-order valence-electron chi connectivity index (χ4n) is 2.21. The van der Waals surface area contributed by atoms with E-state index in [0.717, 1.165) is 20.9 Å². The normalized spacial score (nSPS) is 10.6. The van der Waals surface area contributed by atoms with Crippen molar-refractivity contribution in [1.82, 2.24) is 9.97 Å². The Bertz CT molecular complexity index is 803. The van der Waals surface area contributed by atoms with Crippen molar-refractivity contribution in [2.45, 2.75) is 6.92 Å². The molecule has 0 saturated heterocycles. The van der Waals surface area contributed by atoms with E-state index in [1.165, 1.54) is 0 Å². The number of hydrazine groups is 1. The van der Waals surface area contributed by atoms with Crippen LogP contribution in [-0.2, 0) is 0 Å². The van der Waals surface area contributed by atoms with Gasteiger partial charge in [-0.05, 0) is 24.4 Å². The quantitative estimate of drug-likeness (QED) is 0.499. The number of fused-ring (bicyclic) bond motifs is 1. The molecule has 6 heteroatoms. The molecule has 4 N–H and O–H groups in total. The number of nitrogens with zero attached hydrogens (tertiary/aromatic N) is 2. The van der Waals surface area contributed by atoms with Crippen LogP contribution in [-0.4, -0.2) is 9.97 Å². The van der Waals surface area contributed by atoms with Crippen LogP contribution in [0.4, 0.5) is 17.3 Å². The minimum absolute atomic E-state index is 0.575. The van der Waals surface area contributed by atoms with Gasteiger partial charge in [0.05, 0.1) is 0 Å². The number of hydrogen-bond donors (Lipinski definition) is 3. The molecule has 3 rings (SSSR count). The number of nitrogens with two attached hydrogens (primary N) is 1. The van der Waals surface area contributed by atoms with Gasteiger partial charge in [0.2, 0.25) is 0 Å². The summed E-state index contributed by atoms with van der Waals surface area (Å²) >= 11 is 3.57. The molecule has 0 spiro atoms. The highest BCUT2D eigenvalue weighted by Crippen LogP contribution is 2.31. The minimum atomic E-state index is 0.575. The number of nitrogen functional groups attached to an aromatic ring is 1. The third-order valence-electron chi connectivity index (χ3n) is 3.12. The third kappa shape index (κ3) is 2.81. The zero-order chi connectivity index (χ0) is 14.8. The van der Waals surface area contributed by atoms with Crippen LogP contribution in [0.2, 0.25) is 0 Å². The maximum Gasteiger partial charge on any atom is 0.145 e. The van der Waals surface area contributed by atoms with E-state index in [9.17, 15) is 0 Å². The SMILES string of the molecule is Cc1nc(NN)cc(Nc2ccc(Br)c3ccccc23)n1. The highest BCUT2D eigenvalue weighted by atomic mass is 79.9. The lowest BCUT2D eigenvalue weighted by Crippen LogP contribution is -2.10. The fraction of sp³-hybridized carbons (Fsp3) is 0.0667. The first-order valence-corrected chi connectivity index (χ1v) is 7.23. The van der Waals surface area contributed by atoms with Crippen molar-refractivity contribution in [1.29, 1.82) is 0 Å². The Morgan fingerprint density at radius 1 is 1.00 bits per heavy atom. The predicted octanol–water partition coefficient (Wildman–Crippen LogP) is 3.73. The van der Waals surface area contributed by atoms with Gasteiger partial charge in [0.15, 0.2) is 0 Å². The summed E-state index contributed by atoms with van der Waals surface area (Å²) in [6.45, 7) is 1.83. The van der Waals surface area contributed by atoms with Gasteiger partial charge in [0, 0.05) is 21.6 Å². The van der Waals surface area contributed by atoms with Crippen molar-refractivity contribution in [3.8, 4) is 0 Å². The molecule has 0 aliphatic rings. The molecule has 0 fully saturated rings. The smallest absolute Gasteiger partial charge is 0.145 e. The third-order valence-corrected chi connectivity index (χ3v) is 3.81. The van der Waals surface area contributed by atoms with Crippen LogP contribution < -0.4 is 16.6 Å². The first-order chi connectivity index (χ1) is 10.2. The number of aryl methyl sites for hydroxylation is 1. The van der Waals surface area contributed by atoms with Gasteiger partial charge < -0.3 is 10.7 Å². The zero-order valence-electron chi connectivity index (χ0n) is 11.4. The molecular formula is C15H14BrN5. The van der Waals surface area contributed by atoms with Crippen LogP contribution in [0.25, 0.3) is 10.8 Å². The molecule has 0 atom stereocenters. The second-order valence-electron chi connectivity index (χ2n) is 4.60. The zero-order valence-corrected chi connectivity index (χ0v) is 13.0. The average Bonchev–Trinajstić information content (AvgIpc) is 2.50. The molecule has 5 nitrogen and oxygen atoms in total. The predicted molar refractivity (Wildman–Crippen MR) is 89.5 cm³/mol. The minimum Gasteiger partial charge on any atom is -0.340 e. The van der Waals surface area contributed by atoms with Gasteiger partial charge in [-0.1, -0.05) is 40.2 Å². The lowest BCUT2D eigenvalue weighted by Gasteiger charge is -2.11. The molecule has 0 unspecified atom stereocenters. The van der Waals surface area contributed by atoms with E-state index in [0.29, 0.717) is 17.5 Å². The van der Waals surface area contributed by atoms with E-state index in [-0.39, 0.29) is 0 Å². The Balaban J connectivity index is 2.06. The van der Waals surface area contributed by atoms with Gasteiger partial charge in [0.1, 0.15) is 17.5 Å². The molecule has 106 valence electrons. The number of nitrogens with one attached hydrogen (secondary N) is 2. The van der Waals surface area contributed by atoms with E-state index < -0.39 is 0 Å². The van der Waals surface area contributed by atoms with Crippen molar-refractivity contribution in [2.75, 3.05) is 10.7 Å². The van der Waals surface area contributed by atoms with Gasteiger partial charge in [-0.3, -0.25) is 0 Å². The van der Waals surface area contributed by atoms with Crippen LogP contribution in [0.5, 0.6) is 0 Å². The summed E-state index contributed by atoms with van der Waals surface area (Å²) in [5.41, 5.74) is 3.52. The van der Waals surface area contributed by atoms with E-state index >= 15 is 0 Å². The number of rotatable bonds is 3. The van der Waals surface area contributed by atoms with Crippen molar-refractivity contribution < 1.29 is 0 Å². The highest BCUT2D eigenvalue weighted by molar-refractivity contribution is 9.10. The number of hydrogen-bond acceptors (Lipinski definition) is 5. The summed E-state index contributed by atoms with van der Waals surface area (Å²) < 4.78 is 1.06. The van der Waals surface area contributed by atoms with E-state index in [1.54, 1.807) is 6.07 Å². The maximum absolute atomic E-state index is 5.42. The number of benzene rings is 2. The molecule has 0 saturated carbocycles. The lowest BCUT2D eigenvalue weighted by atomic mass is 10.1. The Morgan fingerprint density at radius 2 is 1.71 bits per heavy atom. The molecule has 3 aromatic rings. The molecule has 0 bridgehead atoms. The van der Waals surface area contributed by atoms with Gasteiger partial charge in [-0.25, -0.2) is 15.8 Å². The maximum atomic E-state index is 5.42. The molecule has 2 aromatic carbocycles. The number of aromatic nitrogens is 2. The summed E-state index contributed by atoms with van der Waals surface area (Å²) in [6.07, 6.45) is 0. The summed E-state index contributed by atoms with van der Waals surface area (Å²) in [4.78, 5) is 8.55. The Morgan fingerprint density at radius 3 is 2.48 bits per heavy atom. The first-order valence-electron chi connectivity index (χ1n) is 6.44. The molecule has 0 radical (unpaired) electrons. The van der Waals surface area contributed by atoms with E-state index in [1.807, 2.05) is 31.2 Å². The second-order valence-corrected chi connectivity index (χ2v) is 5.45. The van der Waals surface area contributed by atoms with Gasteiger partial charge in [-0.15, -0.1) is 0 Å². The van der Waals surface area contributed by atoms with Crippen molar-refractivity contribution >= 4 is 44.0 Å². The molecule has 0 amide bonds. The number of anilines is 3. The Kier molecular flexibility index (Phi) is 3.72. The van der Waals surface area contributed by atoms with Crippen molar-refractivity contribution in [3.63, 3.8) is 0 Å². The first kappa shape index (κ1) is 13.8. The van der Waals surface area contributed by atoms with E-state index in [4.69, 9.17) is 5.84 Å². The molecule has 0 aliphatic heterocycles. The largest absolute Gasteiger partial charge is 0.340 e. The monoisotopic (exact) mass is 343 g/mol. The molecule has 0 aliphatic carbocycles. The average molecular weight is 344 g/mol. The number of halogens is 1. The Hall–Kier alpha value is -2.18. The van der Waals surface area contributed by atoms with Crippen LogP contribution in [0.3, 0.4) is 0 Å². The second kappa shape index (κ2) is 5.67. The van der Waals surface area contributed by atoms with Gasteiger partial charge >= 0.3 is 0 Å². The fourth-order valence-corrected chi connectivity index (χ4v) is 2.69. The molecule has 21 heavy (non-hydrogen) atoms. The summed E-state index contributed by atoms with van der Waals surface area (Å²) in [7, 11) is 0. The molecule has 1 heterocycles. The van der Waals surface area contributed by atoms with Crippen LogP contribution in [0, 0.1) is 6.92 Å². The van der Waals surface area contributed by atoms with Gasteiger partial charge in [-0.2, -0.15) is 0 Å². The molecule has 1 aromatic heterocycles. The van der Waals surface area contributed by atoms with Crippen LogP contribution in [0.1, 0.15) is 5.82 Å². The van der Waals surface area contributed by atoms with Crippen LogP contribution >= 0.6 is 15.9 Å². The van der Waals surface area contributed by atoms with Crippen molar-refractivity contribution in [2.24, 2.45) is 5.84 Å². The topological polar surface area (TPSA) is 75.9 Å². The van der Waals surface area contributed by atoms with Crippen LogP contribution in [0.15, 0.2) is 46.9 Å². The summed E-state index contributed by atoms with van der Waals surface area (Å²) in [5, 5.41) is 5.58. The van der Waals surface area contributed by atoms with E-state index in [2.05, 4.69) is 48.8 Å². The van der Waals surface area contributed by atoms with Crippen molar-refractivity contribution in [3.05, 3.63) is 52.8 Å². The molecular weight excluding hydrogens is 330 g/mol. The lowest BCUT2D eigenvalue weighted by molar-refractivity contribution is 1.05. The Labute approximate surface area is 130 Å². The van der Waals surface area contributed by atoms with Gasteiger partial charge in [0.25, 0.3) is 0 Å². The standard InChI is InChI=1S/C15H14BrN5/c1-9-18-14(8-15(19-9)21-17)20-13-7-6-12(16)10-4-2-3-5-11(10)13/h2-8H,17H2,1H3,(H2,18,19,20,21). The summed E-state index contributed by atoms with van der Waals surface area (Å²) in [6, 6.07) is 14.0. The highest BCUT2D eigenvalue weighted by Gasteiger charge is 2.06.